The van der Waals surface area contributed by atoms with Crippen molar-refractivity contribution in [2.45, 2.75) is 51.6 Å². The predicted octanol–water partition coefficient (Wildman–Crippen LogP) is 1.90. The SMILES string of the molecule is CCCC(C)(N=NC(C)(C)C(=NO)NO)C(=N)N.Cl. The number of hydrogen-bond donors (Lipinski definition) is 5. The van der Waals surface area contributed by atoms with Crippen LogP contribution in [-0.4, -0.2) is 33.2 Å². The van der Waals surface area contributed by atoms with Crippen molar-refractivity contribution in [1.82, 2.24) is 5.48 Å². The molecule has 8 nitrogen and oxygen atoms in total. The van der Waals surface area contributed by atoms with Crippen molar-refractivity contribution in [3.63, 3.8) is 0 Å². The molecule has 0 aromatic heterocycles. The average Bonchev–Trinajstić information content (AvgIpc) is 2.28. The summed E-state index contributed by atoms with van der Waals surface area (Å²) in [6, 6.07) is 0. The lowest BCUT2D eigenvalue weighted by Gasteiger charge is -2.24. The van der Waals surface area contributed by atoms with Gasteiger partial charge in [-0.1, -0.05) is 18.5 Å². The first-order valence-corrected chi connectivity index (χ1v) is 5.64. The van der Waals surface area contributed by atoms with Crippen LogP contribution in [0.4, 0.5) is 0 Å². The first-order chi connectivity index (χ1) is 8.23. The molecule has 0 saturated heterocycles. The second-order valence-corrected chi connectivity index (χ2v) is 4.76. The Kier molecular flexibility index (Phi) is 8.28. The van der Waals surface area contributed by atoms with E-state index >= 15 is 0 Å². The highest BCUT2D eigenvalue weighted by atomic mass is 35.5. The number of halogens is 1. The number of azo groups is 1. The number of hydrogen-bond acceptors (Lipinski definition) is 6. The maximum Gasteiger partial charge on any atom is 0.194 e. The van der Waals surface area contributed by atoms with Crippen molar-refractivity contribution in [3.05, 3.63) is 0 Å². The summed E-state index contributed by atoms with van der Waals surface area (Å²) in [6.07, 6.45) is 1.38. The van der Waals surface area contributed by atoms with Gasteiger partial charge in [0.25, 0.3) is 0 Å². The summed E-state index contributed by atoms with van der Waals surface area (Å²) in [6.45, 7) is 6.86. The maximum atomic E-state index is 8.79. The lowest BCUT2D eigenvalue weighted by atomic mass is 9.96. The maximum absolute atomic E-state index is 8.79. The Morgan fingerprint density at radius 1 is 1.32 bits per heavy atom. The summed E-state index contributed by atoms with van der Waals surface area (Å²) >= 11 is 0. The van der Waals surface area contributed by atoms with Gasteiger partial charge in [0, 0.05) is 0 Å². The molecule has 0 spiro atoms. The van der Waals surface area contributed by atoms with Crippen molar-refractivity contribution < 1.29 is 10.4 Å². The standard InChI is InChI=1S/C10H22N6O2.ClH/c1-5-6-10(4,7(11)12)16-15-9(2,3)8(13-17)14-18;/h17-18H,5-6H2,1-4H3,(H3,11,12)(H,13,14);1H. The summed E-state index contributed by atoms with van der Waals surface area (Å²) in [5.74, 6) is -0.225. The number of hydroxylamine groups is 1. The largest absolute Gasteiger partial charge is 0.409 e. The summed E-state index contributed by atoms with van der Waals surface area (Å²) < 4.78 is 0. The third kappa shape index (κ3) is 5.39. The molecule has 0 radical (unpaired) electrons. The average molecular weight is 295 g/mol. The molecule has 1 unspecified atom stereocenters. The molecule has 0 fully saturated rings. The van der Waals surface area contributed by atoms with E-state index in [1.807, 2.05) is 6.92 Å². The molecule has 0 saturated carbocycles. The van der Waals surface area contributed by atoms with Gasteiger partial charge in [-0.15, -0.1) is 12.4 Å². The number of nitrogens with one attached hydrogen (secondary N) is 2. The second kappa shape index (κ2) is 7.90. The fourth-order valence-electron chi connectivity index (χ4n) is 1.29. The minimum atomic E-state index is -1.05. The molecular weight excluding hydrogens is 272 g/mol. The molecule has 0 aromatic carbocycles. The van der Waals surface area contributed by atoms with Gasteiger partial charge in [-0.3, -0.25) is 16.1 Å². The molecule has 0 aliphatic heterocycles. The molecule has 6 N–H and O–H groups in total. The monoisotopic (exact) mass is 294 g/mol. The number of oxime groups is 1. The molecule has 9 heteroatoms. The third-order valence-electron chi connectivity index (χ3n) is 2.62. The van der Waals surface area contributed by atoms with Crippen LogP contribution in [0.15, 0.2) is 15.4 Å². The van der Waals surface area contributed by atoms with Gasteiger partial charge >= 0.3 is 0 Å². The van der Waals surface area contributed by atoms with Crippen LogP contribution in [0.3, 0.4) is 0 Å². The van der Waals surface area contributed by atoms with Gasteiger partial charge in [0.05, 0.1) is 0 Å². The fraction of sp³-hybridized carbons (Fsp3) is 0.800. The van der Waals surface area contributed by atoms with E-state index in [4.69, 9.17) is 21.6 Å². The Labute approximate surface area is 119 Å². The third-order valence-corrected chi connectivity index (χ3v) is 2.62. The minimum absolute atomic E-state index is 0. The van der Waals surface area contributed by atoms with Crippen LogP contribution in [0.2, 0.25) is 0 Å². The normalized spacial score (nSPS) is 15.7. The van der Waals surface area contributed by atoms with E-state index < -0.39 is 11.1 Å². The Morgan fingerprint density at radius 3 is 2.16 bits per heavy atom. The molecule has 0 amide bonds. The van der Waals surface area contributed by atoms with E-state index in [1.54, 1.807) is 26.3 Å². The molecule has 19 heavy (non-hydrogen) atoms. The van der Waals surface area contributed by atoms with Gasteiger partial charge < -0.3 is 10.9 Å². The molecule has 0 heterocycles. The zero-order chi connectivity index (χ0) is 14.4. The highest BCUT2D eigenvalue weighted by molar-refractivity contribution is 5.89. The Bertz CT molecular complexity index is 358. The second-order valence-electron chi connectivity index (χ2n) is 4.76. The van der Waals surface area contributed by atoms with Crippen molar-refractivity contribution in [2.24, 2.45) is 21.1 Å². The van der Waals surface area contributed by atoms with E-state index in [1.165, 1.54) is 0 Å². The Hall–Kier alpha value is -1.41. The summed E-state index contributed by atoms with van der Waals surface area (Å²) in [5, 5.41) is 36.0. The Morgan fingerprint density at radius 2 is 1.84 bits per heavy atom. The number of rotatable bonds is 6. The molecule has 112 valence electrons. The van der Waals surface area contributed by atoms with Crippen molar-refractivity contribution >= 4 is 24.1 Å². The number of nitrogens with zero attached hydrogens (tertiary/aromatic N) is 3. The molecular formula is C10H23ClN6O2. The molecule has 0 aliphatic rings. The fourth-order valence-corrected chi connectivity index (χ4v) is 1.29. The summed E-state index contributed by atoms with van der Waals surface area (Å²) in [4.78, 5) is 0. The van der Waals surface area contributed by atoms with Crippen LogP contribution >= 0.6 is 12.4 Å². The molecule has 0 bridgehead atoms. The van der Waals surface area contributed by atoms with E-state index in [2.05, 4.69) is 15.4 Å². The van der Waals surface area contributed by atoms with Gasteiger partial charge in [0.15, 0.2) is 5.84 Å². The van der Waals surface area contributed by atoms with Gasteiger partial charge in [-0.05, 0) is 27.2 Å². The van der Waals surface area contributed by atoms with E-state index in [0.717, 1.165) is 6.42 Å². The van der Waals surface area contributed by atoms with Crippen molar-refractivity contribution in [2.75, 3.05) is 0 Å². The van der Waals surface area contributed by atoms with Crippen molar-refractivity contribution in [1.29, 1.82) is 5.41 Å². The Balaban J connectivity index is 0. The van der Waals surface area contributed by atoms with Crippen LogP contribution in [0.25, 0.3) is 0 Å². The first-order valence-electron chi connectivity index (χ1n) is 5.64. The summed E-state index contributed by atoms with van der Waals surface area (Å²) in [7, 11) is 0. The number of amidine groups is 2. The van der Waals surface area contributed by atoms with Crippen LogP contribution in [0.5, 0.6) is 0 Å². The number of nitrogens with two attached hydrogens (primary N) is 1. The van der Waals surface area contributed by atoms with Crippen LogP contribution in [0, 0.1) is 5.41 Å². The van der Waals surface area contributed by atoms with Gasteiger partial charge in [-0.25, -0.2) is 0 Å². The zero-order valence-electron chi connectivity index (χ0n) is 11.6. The van der Waals surface area contributed by atoms with E-state index in [0.29, 0.717) is 6.42 Å². The molecule has 0 rings (SSSR count). The highest BCUT2D eigenvalue weighted by Gasteiger charge is 2.31. The first kappa shape index (κ1) is 19.9. The smallest absolute Gasteiger partial charge is 0.194 e. The quantitative estimate of drug-likeness (QED) is 0.168. The molecule has 1 atom stereocenters. The lowest BCUT2D eigenvalue weighted by molar-refractivity contribution is 0.212. The van der Waals surface area contributed by atoms with Crippen molar-refractivity contribution in [3.8, 4) is 0 Å². The molecule has 0 aliphatic carbocycles. The predicted molar refractivity (Wildman–Crippen MR) is 75.6 cm³/mol. The van der Waals surface area contributed by atoms with Gasteiger partial charge in [0.2, 0.25) is 0 Å². The lowest BCUT2D eigenvalue weighted by Crippen LogP contribution is -2.42. The zero-order valence-corrected chi connectivity index (χ0v) is 12.5. The highest BCUT2D eigenvalue weighted by Crippen LogP contribution is 2.21. The molecule has 0 aromatic rings. The van der Waals surface area contributed by atoms with Crippen LogP contribution < -0.4 is 11.2 Å². The van der Waals surface area contributed by atoms with Gasteiger partial charge in [-0.2, -0.15) is 10.2 Å². The summed E-state index contributed by atoms with van der Waals surface area (Å²) in [5.41, 5.74) is 5.33. The topological polar surface area (TPSA) is 139 Å². The minimum Gasteiger partial charge on any atom is -0.409 e. The van der Waals surface area contributed by atoms with Crippen LogP contribution in [-0.2, 0) is 0 Å². The van der Waals surface area contributed by atoms with E-state index in [9.17, 15) is 0 Å². The van der Waals surface area contributed by atoms with E-state index in [-0.39, 0.29) is 24.1 Å². The van der Waals surface area contributed by atoms with Crippen LogP contribution in [0.1, 0.15) is 40.5 Å². The van der Waals surface area contributed by atoms with Gasteiger partial charge in [0.1, 0.15) is 16.9 Å².